The average Bonchev–Trinajstić information content (AvgIpc) is 1.88. The van der Waals surface area contributed by atoms with E-state index < -0.39 is 0 Å². The molecule has 0 aromatic heterocycles. The maximum absolute atomic E-state index is 5.72. The minimum absolute atomic E-state index is 0.0973. The third-order valence-electron chi connectivity index (χ3n) is 1.37. The molecule has 2 N–H and O–H groups in total. The molecule has 0 saturated heterocycles. The third kappa shape index (κ3) is 1.88. The molecule has 0 radical (unpaired) electrons. The summed E-state index contributed by atoms with van der Waals surface area (Å²) < 4.78 is 0. The topological polar surface area (TPSA) is 24.1 Å². The highest BCUT2D eigenvalue weighted by Gasteiger charge is 2.10. The van der Waals surface area contributed by atoms with Gasteiger partial charge in [0.05, 0.1) is 0 Å². The Morgan fingerprint density at radius 3 is 2.89 bits per heavy atom. The third-order valence-corrected chi connectivity index (χ3v) is 1.62. The first kappa shape index (κ1) is 6.90. The van der Waals surface area contributed by atoms with Crippen LogP contribution >= 0.6 is 11.6 Å². The fourth-order valence-electron chi connectivity index (χ4n) is 0.802. The standard InChI is InChI=1S/C6H11ClN2/c1-2-5-3-4-8-6(7)9-5/h3-6,8-9H,2H2,1H3. The van der Waals surface area contributed by atoms with Gasteiger partial charge in [0.25, 0.3) is 0 Å². The molecule has 2 nitrogen and oxygen atoms in total. The molecule has 0 spiro atoms. The molecule has 0 amide bonds. The van der Waals surface area contributed by atoms with Crippen molar-refractivity contribution < 1.29 is 0 Å². The second-order valence-electron chi connectivity index (χ2n) is 2.07. The Balaban J connectivity index is 2.39. The number of halogens is 1. The fraction of sp³-hybridized carbons (Fsp3) is 0.667. The van der Waals surface area contributed by atoms with Gasteiger partial charge in [-0.15, -0.1) is 0 Å². The highest BCUT2D eigenvalue weighted by atomic mass is 35.5. The van der Waals surface area contributed by atoms with Gasteiger partial charge in [0.15, 0.2) is 5.62 Å². The number of hydrogen-bond donors (Lipinski definition) is 2. The quantitative estimate of drug-likeness (QED) is 0.426. The molecule has 52 valence electrons. The molecule has 1 heterocycles. The van der Waals surface area contributed by atoms with Crippen LogP contribution in [0, 0.1) is 0 Å². The van der Waals surface area contributed by atoms with E-state index in [9.17, 15) is 0 Å². The summed E-state index contributed by atoms with van der Waals surface area (Å²) in [6.45, 7) is 2.12. The molecule has 1 aliphatic rings. The maximum atomic E-state index is 5.72. The van der Waals surface area contributed by atoms with Gasteiger partial charge in [-0.25, -0.2) is 0 Å². The summed E-state index contributed by atoms with van der Waals surface area (Å²) in [7, 11) is 0. The van der Waals surface area contributed by atoms with E-state index in [1.54, 1.807) is 0 Å². The summed E-state index contributed by atoms with van der Waals surface area (Å²) in [6.07, 6.45) is 5.04. The van der Waals surface area contributed by atoms with Gasteiger partial charge in [-0.1, -0.05) is 24.6 Å². The van der Waals surface area contributed by atoms with Crippen LogP contribution in [0.5, 0.6) is 0 Å². The molecule has 9 heavy (non-hydrogen) atoms. The lowest BCUT2D eigenvalue weighted by molar-refractivity contribution is 0.497. The molecule has 3 heteroatoms. The molecule has 0 bridgehead atoms. The lowest BCUT2D eigenvalue weighted by Crippen LogP contribution is -2.44. The average molecular weight is 147 g/mol. The van der Waals surface area contributed by atoms with Gasteiger partial charge >= 0.3 is 0 Å². The van der Waals surface area contributed by atoms with E-state index >= 15 is 0 Å². The van der Waals surface area contributed by atoms with Crippen LogP contribution in [0.25, 0.3) is 0 Å². The van der Waals surface area contributed by atoms with Gasteiger partial charge in [-0.3, -0.25) is 5.32 Å². The molecule has 1 rings (SSSR count). The van der Waals surface area contributed by atoms with Gasteiger partial charge in [0.2, 0.25) is 0 Å². The zero-order valence-corrected chi connectivity index (χ0v) is 6.15. The molecular weight excluding hydrogens is 136 g/mol. The van der Waals surface area contributed by atoms with Crippen molar-refractivity contribution in [3.05, 3.63) is 12.3 Å². The predicted molar refractivity (Wildman–Crippen MR) is 39.1 cm³/mol. The van der Waals surface area contributed by atoms with Crippen LogP contribution in [0.1, 0.15) is 13.3 Å². The second-order valence-corrected chi connectivity index (χ2v) is 2.51. The Kier molecular flexibility index (Phi) is 2.37. The SMILES string of the molecule is CCC1C=CNC(Cl)N1. The summed E-state index contributed by atoms with van der Waals surface area (Å²) in [6, 6.07) is 0.439. The van der Waals surface area contributed by atoms with E-state index in [4.69, 9.17) is 11.6 Å². The summed E-state index contributed by atoms with van der Waals surface area (Å²) in [5, 5.41) is 6.05. The molecule has 1 aliphatic heterocycles. The first-order chi connectivity index (χ1) is 4.33. The van der Waals surface area contributed by atoms with Crippen molar-refractivity contribution in [1.29, 1.82) is 0 Å². The largest absolute Gasteiger partial charge is 0.364 e. The molecule has 2 atom stereocenters. The van der Waals surface area contributed by atoms with Gasteiger partial charge in [0.1, 0.15) is 0 Å². The van der Waals surface area contributed by atoms with Crippen molar-refractivity contribution in [2.45, 2.75) is 25.0 Å². The van der Waals surface area contributed by atoms with Crippen LogP contribution in [-0.2, 0) is 0 Å². The first-order valence-electron chi connectivity index (χ1n) is 3.15. The monoisotopic (exact) mass is 146 g/mol. The number of alkyl halides is 1. The van der Waals surface area contributed by atoms with Gasteiger partial charge in [-0.2, -0.15) is 0 Å². The molecule has 0 aromatic carbocycles. The van der Waals surface area contributed by atoms with Crippen molar-refractivity contribution in [3.8, 4) is 0 Å². The van der Waals surface area contributed by atoms with Crippen LogP contribution in [0.3, 0.4) is 0 Å². The van der Waals surface area contributed by atoms with E-state index in [1.807, 2.05) is 6.20 Å². The Morgan fingerprint density at radius 1 is 1.67 bits per heavy atom. The Bertz CT molecular complexity index is 114. The smallest absolute Gasteiger partial charge is 0.155 e. The minimum atomic E-state index is -0.0973. The summed E-state index contributed by atoms with van der Waals surface area (Å²) in [4.78, 5) is 0. The minimum Gasteiger partial charge on any atom is -0.364 e. The molecule has 0 fully saturated rings. The van der Waals surface area contributed by atoms with Gasteiger partial charge in [0, 0.05) is 6.04 Å². The van der Waals surface area contributed by atoms with E-state index in [2.05, 4.69) is 23.6 Å². The van der Waals surface area contributed by atoms with Crippen LogP contribution in [-0.4, -0.2) is 11.7 Å². The van der Waals surface area contributed by atoms with Gasteiger partial charge in [-0.05, 0) is 12.6 Å². The van der Waals surface area contributed by atoms with E-state index in [0.717, 1.165) is 6.42 Å². The van der Waals surface area contributed by atoms with Crippen molar-refractivity contribution in [2.75, 3.05) is 0 Å². The fourth-order valence-corrected chi connectivity index (χ4v) is 1.04. The van der Waals surface area contributed by atoms with Crippen molar-refractivity contribution >= 4 is 11.6 Å². The summed E-state index contributed by atoms with van der Waals surface area (Å²) in [5.41, 5.74) is -0.0973. The second kappa shape index (κ2) is 3.08. The van der Waals surface area contributed by atoms with Crippen LogP contribution < -0.4 is 10.6 Å². The number of rotatable bonds is 1. The Labute approximate surface area is 60.3 Å². The number of nitrogens with one attached hydrogen (secondary N) is 2. The molecule has 0 aromatic rings. The predicted octanol–water partition coefficient (Wildman–Crippen LogP) is 0.994. The summed E-state index contributed by atoms with van der Waals surface area (Å²) in [5.74, 6) is 0. The van der Waals surface area contributed by atoms with E-state index in [1.165, 1.54) is 0 Å². The maximum Gasteiger partial charge on any atom is 0.155 e. The molecule has 2 unspecified atom stereocenters. The normalized spacial score (nSPS) is 34.0. The van der Waals surface area contributed by atoms with E-state index in [-0.39, 0.29) is 5.62 Å². The molecule has 0 aliphatic carbocycles. The summed E-state index contributed by atoms with van der Waals surface area (Å²) >= 11 is 5.72. The number of hydrogen-bond acceptors (Lipinski definition) is 2. The Hall–Kier alpha value is -0.210. The molecular formula is C6H11ClN2. The van der Waals surface area contributed by atoms with Crippen molar-refractivity contribution in [3.63, 3.8) is 0 Å². The van der Waals surface area contributed by atoms with Gasteiger partial charge < -0.3 is 5.32 Å². The van der Waals surface area contributed by atoms with Crippen LogP contribution in [0.15, 0.2) is 12.3 Å². The van der Waals surface area contributed by atoms with Crippen molar-refractivity contribution in [1.82, 2.24) is 10.6 Å². The lowest BCUT2D eigenvalue weighted by atomic mass is 10.2. The van der Waals surface area contributed by atoms with Crippen molar-refractivity contribution in [2.24, 2.45) is 0 Å². The molecule has 0 saturated carbocycles. The van der Waals surface area contributed by atoms with Crippen LogP contribution in [0.2, 0.25) is 0 Å². The lowest BCUT2D eigenvalue weighted by Gasteiger charge is -2.22. The zero-order valence-electron chi connectivity index (χ0n) is 5.39. The highest BCUT2D eigenvalue weighted by Crippen LogP contribution is 2.00. The zero-order chi connectivity index (χ0) is 6.69. The Morgan fingerprint density at radius 2 is 2.44 bits per heavy atom. The highest BCUT2D eigenvalue weighted by molar-refractivity contribution is 6.20. The van der Waals surface area contributed by atoms with E-state index in [0.29, 0.717) is 6.04 Å². The van der Waals surface area contributed by atoms with Crippen LogP contribution in [0.4, 0.5) is 0 Å². The first-order valence-corrected chi connectivity index (χ1v) is 3.59.